The topological polar surface area (TPSA) is 69.7 Å². The zero-order valence-corrected chi connectivity index (χ0v) is 13.9. The van der Waals surface area contributed by atoms with Crippen molar-refractivity contribution in [1.82, 2.24) is 15.3 Å². The molecule has 0 aromatic heterocycles. The van der Waals surface area contributed by atoms with E-state index in [0.717, 1.165) is 31.7 Å². The lowest BCUT2D eigenvalue weighted by molar-refractivity contribution is -0.126. The summed E-state index contributed by atoms with van der Waals surface area (Å²) in [6, 6.07) is 6.69. The molecule has 1 aromatic rings. The van der Waals surface area contributed by atoms with Crippen LogP contribution in [0.15, 0.2) is 29.2 Å². The van der Waals surface area contributed by atoms with E-state index < -0.39 is 9.84 Å². The van der Waals surface area contributed by atoms with Gasteiger partial charge in [-0.15, -0.1) is 0 Å². The summed E-state index contributed by atoms with van der Waals surface area (Å²) < 4.78 is 24.4. The molecule has 0 radical (unpaired) electrons. The monoisotopic (exact) mass is 325 g/mol. The Kier molecular flexibility index (Phi) is 5.55. The van der Waals surface area contributed by atoms with Crippen molar-refractivity contribution in [3.8, 4) is 0 Å². The molecule has 2 rings (SSSR count). The van der Waals surface area contributed by atoms with Gasteiger partial charge in [0.15, 0.2) is 9.84 Å². The molecule has 22 heavy (non-hydrogen) atoms. The molecular weight excluding hydrogens is 302 g/mol. The maximum atomic E-state index is 12.2. The molecule has 1 N–H and O–H groups in total. The number of aryl methyl sites for hydroxylation is 1. The minimum Gasteiger partial charge on any atom is -0.304 e. The number of amides is 1. The van der Waals surface area contributed by atoms with Gasteiger partial charge in [-0.2, -0.15) is 0 Å². The average Bonchev–Trinajstić information content (AvgIpc) is 2.48. The maximum absolute atomic E-state index is 12.2. The molecule has 0 atom stereocenters. The zero-order valence-electron chi connectivity index (χ0n) is 13.1. The maximum Gasteiger partial charge on any atom is 0.235 e. The van der Waals surface area contributed by atoms with Gasteiger partial charge in [0.1, 0.15) is 0 Å². The summed E-state index contributed by atoms with van der Waals surface area (Å²) in [4.78, 5) is 14.3. The van der Waals surface area contributed by atoms with Crippen LogP contribution in [0.25, 0.3) is 0 Å². The van der Waals surface area contributed by atoms with Crippen molar-refractivity contribution in [2.45, 2.75) is 18.2 Å². The Morgan fingerprint density at radius 1 is 1.14 bits per heavy atom. The fourth-order valence-electron chi connectivity index (χ4n) is 2.24. The molecule has 1 amide bonds. The Balaban J connectivity index is 1.83. The van der Waals surface area contributed by atoms with Crippen LogP contribution < -0.4 is 5.43 Å². The van der Waals surface area contributed by atoms with Crippen LogP contribution >= 0.6 is 0 Å². The van der Waals surface area contributed by atoms with Gasteiger partial charge in [-0.25, -0.2) is 13.4 Å². The van der Waals surface area contributed by atoms with Crippen LogP contribution in [0.4, 0.5) is 0 Å². The summed E-state index contributed by atoms with van der Waals surface area (Å²) in [5.74, 6) is -0.421. The molecule has 0 aliphatic carbocycles. The second-order valence-electron chi connectivity index (χ2n) is 5.71. The predicted molar refractivity (Wildman–Crippen MR) is 85.1 cm³/mol. The van der Waals surface area contributed by atoms with Gasteiger partial charge in [0.2, 0.25) is 5.91 Å². The quantitative estimate of drug-likeness (QED) is 0.850. The van der Waals surface area contributed by atoms with Crippen LogP contribution in [-0.2, 0) is 14.6 Å². The highest BCUT2D eigenvalue weighted by atomic mass is 32.2. The van der Waals surface area contributed by atoms with Gasteiger partial charge in [0.05, 0.1) is 10.6 Å². The number of hydrazine groups is 1. The summed E-state index contributed by atoms with van der Waals surface area (Å²) in [5.41, 5.74) is 3.78. The summed E-state index contributed by atoms with van der Waals surface area (Å²) >= 11 is 0. The van der Waals surface area contributed by atoms with E-state index in [0.29, 0.717) is 0 Å². The Labute approximate surface area is 132 Å². The number of nitrogens with one attached hydrogen (secondary N) is 1. The second kappa shape index (κ2) is 7.21. The first-order valence-corrected chi connectivity index (χ1v) is 9.04. The lowest BCUT2D eigenvalue weighted by Gasteiger charge is -2.32. The van der Waals surface area contributed by atoms with E-state index >= 15 is 0 Å². The van der Waals surface area contributed by atoms with E-state index in [1.165, 1.54) is 0 Å². The van der Waals surface area contributed by atoms with Crippen LogP contribution in [0.3, 0.4) is 0 Å². The van der Waals surface area contributed by atoms with Crippen molar-refractivity contribution in [2.75, 3.05) is 39.0 Å². The molecule has 0 unspecified atom stereocenters. The van der Waals surface area contributed by atoms with Gasteiger partial charge >= 0.3 is 0 Å². The number of benzene rings is 1. The van der Waals surface area contributed by atoms with E-state index in [-0.39, 0.29) is 23.0 Å². The highest BCUT2D eigenvalue weighted by Crippen LogP contribution is 2.13. The van der Waals surface area contributed by atoms with Crippen molar-refractivity contribution < 1.29 is 13.2 Å². The Morgan fingerprint density at radius 3 is 2.32 bits per heavy atom. The van der Waals surface area contributed by atoms with Gasteiger partial charge in [-0.05, 0) is 26.1 Å². The summed E-state index contributed by atoms with van der Waals surface area (Å²) in [6.45, 7) is 5.20. The zero-order chi connectivity index (χ0) is 16.2. The molecule has 1 aromatic carbocycles. The lowest BCUT2D eigenvalue weighted by atomic mass is 10.2. The van der Waals surface area contributed by atoms with E-state index in [4.69, 9.17) is 0 Å². The first-order valence-electron chi connectivity index (χ1n) is 7.39. The molecule has 0 saturated carbocycles. The fourth-order valence-corrected chi connectivity index (χ4v) is 3.48. The Hall–Kier alpha value is -1.44. The van der Waals surface area contributed by atoms with Gasteiger partial charge in [-0.3, -0.25) is 10.2 Å². The summed E-state index contributed by atoms with van der Waals surface area (Å²) in [5, 5.41) is 1.85. The molecule has 1 fully saturated rings. The third-order valence-electron chi connectivity index (χ3n) is 3.76. The molecular formula is C15H23N3O3S. The number of hydrogen-bond acceptors (Lipinski definition) is 5. The first kappa shape index (κ1) is 16.9. The number of hydrogen-bond donors (Lipinski definition) is 1. The third-order valence-corrected chi connectivity index (χ3v) is 5.50. The highest BCUT2D eigenvalue weighted by molar-refractivity contribution is 7.91. The van der Waals surface area contributed by atoms with E-state index in [1.54, 1.807) is 24.3 Å². The molecule has 0 bridgehead atoms. The Bertz CT molecular complexity index is 605. The minimum absolute atomic E-state index is 0.0252. The van der Waals surface area contributed by atoms with Gasteiger partial charge in [0, 0.05) is 32.6 Å². The van der Waals surface area contributed by atoms with Crippen molar-refractivity contribution in [1.29, 1.82) is 0 Å². The van der Waals surface area contributed by atoms with Crippen LogP contribution in [-0.4, -0.2) is 63.2 Å². The minimum atomic E-state index is -3.41. The number of nitrogens with zero attached hydrogens (tertiary/aromatic N) is 2. The molecule has 1 aliphatic rings. The number of carbonyl (C=O) groups is 1. The molecule has 0 spiro atoms. The van der Waals surface area contributed by atoms with Crippen molar-refractivity contribution in [3.05, 3.63) is 29.8 Å². The SMILES string of the molecule is Cc1ccc(S(=O)(=O)CCC(=O)NN2CCN(C)CC2)cc1. The number of rotatable bonds is 5. The van der Waals surface area contributed by atoms with E-state index in [9.17, 15) is 13.2 Å². The van der Waals surface area contributed by atoms with Gasteiger partial charge in [0.25, 0.3) is 0 Å². The molecule has 6 nitrogen and oxygen atoms in total. The molecule has 122 valence electrons. The number of piperazine rings is 1. The lowest BCUT2D eigenvalue weighted by Crippen LogP contribution is -2.52. The number of sulfone groups is 1. The van der Waals surface area contributed by atoms with Crippen molar-refractivity contribution in [2.24, 2.45) is 0 Å². The molecule has 1 saturated heterocycles. The highest BCUT2D eigenvalue weighted by Gasteiger charge is 2.19. The smallest absolute Gasteiger partial charge is 0.235 e. The molecule has 1 aliphatic heterocycles. The summed E-state index contributed by atoms with van der Waals surface area (Å²) in [7, 11) is -1.37. The van der Waals surface area contributed by atoms with Gasteiger partial charge < -0.3 is 4.90 Å². The fraction of sp³-hybridized carbons (Fsp3) is 0.533. The standard InChI is InChI=1S/C15H23N3O3S/c1-13-3-5-14(6-4-13)22(20,21)12-7-15(19)16-18-10-8-17(2)9-11-18/h3-6H,7-12H2,1-2H3,(H,16,19). The normalized spacial score (nSPS) is 17.4. The van der Waals surface area contributed by atoms with Gasteiger partial charge in [-0.1, -0.05) is 17.7 Å². The molecule has 7 heteroatoms. The van der Waals surface area contributed by atoms with E-state index in [2.05, 4.69) is 10.3 Å². The van der Waals surface area contributed by atoms with Crippen LogP contribution in [0.1, 0.15) is 12.0 Å². The predicted octanol–water partition coefficient (Wildman–Crippen LogP) is 0.437. The largest absolute Gasteiger partial charge is 0.304 e. The van der Waals surface area contributed by atoms with Crippen molar-refractivity contribution in [3.63, 3.8) is 0 Å². The first-order chi connectivity index (χ1) is 10.4. The van der Waals surface area contributed by atoms with Crippen LogP contribution in [0.5, 0.6) is 0 Å². The Morgan fingerprint density at radius 2 is 1.73 bits per heavy atom. The second-order valence-corrected chi connectivity index (χ2v) is 7.82. The van der Waals surface area contributed by atoms with Crippen molar-refractivity contribution >= 4 is 15.7 Å². The summed E-state index contributed by atoms with van der Waals surface area (Å²) in [6.07, 6.45) is -0.0252. The molecule has 1 heterocycles. The number of carbonyl (C=O) groups excluding carboxylic acids is 1. The van der Waals surface area contributed by atoms with E-state index in [1.807, 2.05) is 19.0 Å². The number of likely N-dealkylation sites (N-methyl/N-ethyl adjacent to an activating group) is 1. The average molecular weight is 325 g/mol. The third kappa shape index (κ3) is 4.79. The van der Waals surface area contributed by atoms with Crippen LogP contribution in [0.2, 0.25) is 0 Å². The van der Waals surface area contributed by atoms with Crippen LogP contribution in [0, 0.1) is 6.92 Å².